The van der Waals surface area contributed by atoms with E-state index in [0.717, 1.165) is 32.2 Å². The van der Waals surface area contributed by atoms with E-state index in [0.29, 0.717) is 23.3 Å². The van der Waals surface area contributed by atoms with Crippen molar-refractivity contribution in [2.24, 2.45) is 27.9 Å². The summed E-state index contributed by atoms with van der Waals surface area (Å²) in [4.78, 5) is 12.6. The fourth-order valence-corrected chi connectivity index (χ4v) is 3.83. The molecule has 0 bridgehead atoms. The first-order valence-corrected chi connectivity index (χ1v) is 8.18. The van der Waals surface area contributed by atoms with E-state index in [2.05, 4.69) is 46.9 Å². The molecule has 0 radical (unpaired) electrons. The Balaban J connectivity index is 2.64. The smallest absolute Gasteiger partial charge is 0.227 e. The Morgan fingerprint density at radius 2 is 1.55 bits per heavy atom. The molecule has 20 heavy (non-hydrogen) atoms. The fourth-order valence-electron chi connectivity index (χ4n) is 3.83. The quantitative estimate of drug-likeness (QED) is 0.717. The number of amides is 1. The van der Waals surface area contributed by atoms with Crippen molar-refractivity contribution in [3.05, 3.63) is 0 Å². The highest BCUT2D eigenvalue weighted by atomic mass is 16.2. The second kappa shape index (κ2) is 6.05. The predicted octanol–water partition coefficient (Wildman–Crippen LogP) is 3.33. The Labute approximate surface area is 125 Å². The Kier molecular flexibility index (Phi) is 5.29. The topological polar surface area (TPSA) is 55.1 Å². The van der Waals surface area contributed by atoms with Crippen molar-refractivity contribution < 1.29 is 4.79 Å². The molecule has 0 aromatic heterocycles. The second-order valence-corrected chi connectivity index (χ2v) is 7.69. The number of hydrogen-bond acceptors (Lipinski definition) is 2. The van der Waals surface area contributed by atoms with Gasteiger partial charge in [-0.15, -0.1) is 0 Å². The number of nitrogens with one attached hydrogen (secondary N) is 1. The van der Waals surface area contributed by atoms with Crippen molar-refractivity contribution in [2.75, 3.05) is 13.1 Å². The van der Waals surface area contributed by atoms with E-state index in [-0.39, 0.29) is 11.3 Å². The van der Waals surface area contributed by atoms with Crippen molar-refractivity contribution in [1.29, 1.82) is 0 Å². The van der Waals surface area contributed by atoms with Gasteiger partial charge in [0.25, 0.3) is 0 Å². The average molecular weight is 282 g/mol. The number of carbonyl (C=O) groups is 1. The maximum atomic E-state index is 12.6. The number of hydrogen-bond donors (Lipinski definition) is 2. The largest absolute Gasteiger partial charge is 0.355 e. The van der Waals surface area contributed by atoms with E-state index >= 15 is 0 Å². The standard InChI is InChI=1S/C17H34N2O/c1-7-9-17(12-18,10-8-2)14(20)19-11-13-15(3,4)16(13,5)6/h13H,7-12,18H2,1-6H3,(H,19,20). The summed E-state index contributed by atoms with van der Waals surface area (Å²) >= 11 is 0. The monoisotopic (exact) mass is 282 g/mol. The first-order valence-electron chi connectivity index (χ1n) is 8.18. The van der Waals surface area contributed by atoms with Crippen LogP contribution in [0.1, 0.15) is 67.2 Å². The summed E-state index contributed by atoms with van der Waals surface area (Å²) in [6.45, 7) is 14.7. The van der Waals surface area contributed by atoms with E-state index in [1.165, 1.54) is 0 Å². The van der Waals surface area contributed by atoms with Crippen molar-refractivity contribution in [1.82, 2.24) is 5.32 Å². The average Bonchev–Trinajstić information content (AvgIpc) is 2.76. The number of carbonyl (C=O) groups excluding carboxylic acids is 1. The molecule has 0 aromatic carbocycles. The van der Waals surface area contributed by atoms with Gasteiger partial charge in [0.1, 0.15) is 0 Å². The summed E-state index contributed by atoms with van der Waals surface area (Å²) < 4.78 is 0. The number of nitrogens with two attached hydrogens (primary N) is 1. The third-order valence-corrected chi connectivity index (χ3v) is 6.12. The Morgan fingerprint density at radius 1 is 1.10 bits per heavy atom. The van der Waals surface area contributed by atoms with Crippen LogP contribution in [0.25, 0.3) is 0 Å². The summed E-state index contributed by atoms with van der Waals surface area (Å²) in [5, 5.41) is 3.20. The molecule has 0 heterocycles. The van der Waals surface area contributed by atoms with Gasteiger partial charge in [0.2, 0.25) is 5.91 Å². The van der Waals surface area contributed by atoms with Gasteiger partial charge in [0.15, 0.2) is 0 Å². The summed E-state index contributed by atoms with van der Waals surface area (Å²) in [6, 6.07) is 0. The molecule has 3 N–H and O–H groups in total. The second-order valence-electron chi connectivity index (χ2n) is 7.69. The Hall–Kier alpha value is -0.570. The number of rotatable bonds is 8. The van der Waals surface area contributed by atoms with Gasteiger partial charge >= 0.3 is 0 Å². The highest BCUT2D eigenvalue weighted by Gasteiger charge is 2.64. The van der Waals surface area contributed by atoms with Gasteiger partial charge in [-0.2, -0.15) is 0 Å². The summed E-state index contributed by atoms with van der Waals surface area (Å²) in [5.74, 6) is 0.736. The van der Waals surface area contributed by atoms with Crippen LogP contribution >= 0.6 is 0 Å². The lowest BCUT2D eigenvalue weighted by molar-refractivity contribution is -0.131. The van der Waals surface area contributed by atoms with Crippen LogP contribution in [0.3, 0.4) is 0 Å². The van der Waals surface area contributed by atoms with E-state index in [1.54, 1.807) is 0 Å². The SMILES string of the molecule is CCCC(CN)(CCC)C(=O)NCC1C(C)(C)C1(C)C. The molecule has 1 fully saturated rings. The van der Waals surface area contributed by atoms with Crippen LogP contribution < -0.4 is 11.1 Å². The molecule has 1 aliphatic carbocycles. The van der Waals surface area contributed by atoms with Crippen LogP contribution in [-0.2, 0) is 4.79 Å². The molecular formula is C17H34N2O. The van der Waals surface area contributed by atoms with E-state index in [1.807, 2.05) is 0 Å². The van der Waals surface area contributed by atoms with Crippen molar-refractivity contribution >= 4 is 5.91 Å². The minimum absolute atomic E-state index is 0.169. The lowest BCUT2D eigenvalue weighted by Gasteiger charge is -2.31. The van der Waals surface area contributed by atoms with Crippen molar-refractivity contribution in [2.45, 2.75) is 67.2 Å². The van der Waals surface area contributed by atoms with E-state index < -0.39 is 0 Å². The molecule has 0 aliphatic heterocycles. The molecule has 118 valence electrons. The summed E-state index contributed by atoms with van der Waals surface area (Å²) in [7, 11) is 0. The lowest BCUT2D eigenvalue weighted by atomic mass is 9.78. The fraction of sp³-hybridized carbons (Fsp3) is 0.941. The molecule has 1 rings (SSSR count). The van der Waals surface area contributed by atoms with Gasteiger partial charge in [0.05, 0.1) is 5.41 Å². The maximum absolute atomic E-state index is 12.6. The van der Waals surface area contributed by atoms with Crippen molar-refractivity contribution in [3.63, 3.8) is 0 Å². The molecule has 3 heteroatoms. The van der Waals surface area contributed by atoms with Crippen LogP contribution in [0, 0.1) is 22.2 Å². The molecule has 0 spiro atoms. The molecule has 0 saturated heterocycles. The van der Waals surface area contributed by atoms with Gasteiger partial charge in [-0.05, 0) is 29.6 Å². The molecular weight excluding hydrogens is 248 g/mol. The normalized spacial score (nSPS) is 20.8. The molecule has 0 atom stereocenters. The van der Waals surface area contributed by atoms with Crippen LogP contribution in [-0.4, -0.2) is 19.0 Å². The molecule has 1 aliphatic rings. The van der Waals surface area contributed by atoms with Crippen LogP contribution in [0.15, 0.2) is 0 Å². The predicted molar refractivity (Wildman–Crippen MR) is 85.4 cm³/mol. The zero-order chi connectivity index (χ0) is 15.6. The molecule has 1 saturated carbocycles. The highest BCUT2D eigenvalue weighted by Crippen LogP contribution is 2.67. The summed E-state index contributed by atoms with van der Waals surface area (Å²) in [5.41, 5.74) is 6.24. The van der Waals surface area contributed by atoms with Gasteiger partial charge < -0.3 is 11.1 Å². The van der Waals surface area contributed by atoms with Gasteiger partial charge in [-0.3, -0.25) is 4.79 Å². The third kappa shape index (κ3) is 2.88. The Bertz CT molecular complexity index is 327. The van der Waals surface area contributed by atoms with Gasteiger partial charge in [-0.1, -0.05) is 54.4 Å². The first kappa shape index (κ1) is 17.5. The highest BCUT2D eigenvalue weighted by molar-refractivity contribution is 5.83. The zero-order valence-corrected chi connectivity index (χ0v) is 14.3. The molecule has 0 unspecified atom stereocenters. The molecule has 1 amide bonds. The summed E-state index contributed by atoms with van der Waals surface area (Å²) in [6.07, 6.45) is 3.79. The van der Waals surface area contributed by atoms with Crippen molar-refractivity contribution in [3.8, 4) is 0 Å². The van der Waals surface area contributed by atoms with Crippen LogP contribution in [0.4, 0.5) is 0 Å². The van der Waals surface area contributed by atoms with Crippen LogP contribution in [0.5, 0.6) is 0 Å². The van der Waals surface area contributed by atoms with Crippen LogP contribution in [0.2, 0.25) is 0 Å². The third-order valence-electron chi connectivity index (χ3n) is 6.12. The lowest BCUT2D eigenvalue weighted by Crippen LogP contribution is -2.46. The molecule has 0 aromatic rings. The first-order chi connectivity index (χ1) is 9.19. The molecule has 3 nitrogen and oxygen atoms in total. The maximum Gasteiger partial charge on any atom is 0.227 e. The minimum atomic E-state index is -0.354. The van der Waals surface area contributed by atoms with Gasteiger partial charge in [0, 0.05) is 13.1 Å². The van der Waals surface area contributed by atoms with E-state index in [4.69, 9.17) is 5.73 Å². The van der Waals surface area contributed by atoms with Gasteiger partial charge in [-0.25, -0.2) is 0 Å². The van der Waals surface area contributed by atoms with E-state index in [9.17, 15) is 4.79 Å². The zero-order valence-electron chi connectivity index (χ0n) is 14.3. The minimum Gasteiger partial charge on any atom is -0.355 e. The Morgan fingerprint density at radius 3 is 1.85 bits per heavy atom.